The molecule has 0 radical (unpaired) electrons. The summed E-state index contributed by atoms with van der Waals surface area (Å²) in [5, 5.41) is 10.3. The maximum absolute atomic E-state index is 13.7. The van der Waals surface area contributed by atoms with Crippen LogP contribution in [0.1, 0.15) is 63.0 Å². The number of nitrogens with two attached hydrogens (primary N) is 1. The minimum atomic E-state index is -3.58. The fourth-order valence-corrected chi connectivity index (χ4v) is 7.43. The Balaban J connectivity index is 1.62. The van der Waals surface area contributed by atoms with Crippen LogP contribution in [0, 0.1) is 23.7 Å². The number of hydrogen-bond donors (Lipinski definition) is 1. The summed E-state index contributed by atoms with van der Waals surface area (Å²) in [7, 11) is -3.58. The Morgan fingerprint density at radius 1 is 0.974 bits per heavy atom. The number of sulfonamides is 1. The summed E-state index contributed by atoms with van der Waals surface area (Å²) in [6.45, 7) is 7.18. The van der Waals surface area contributed by atoms with Crippen molar-refractivity contribution >= 4 is 21.5 Å². The SMILES string of the molecule is Cc1ccc(C2C(C#N)=C(N)N(c3ccc(S(=O)(=O)N4CCCCC4)cc3)C3=C2C(=O)CC(C)(C)C3)cc1. The van der Waals surface area contributed by atoms with Crippen molar-refractivity contribution in [2.24, 2.45) is 11.1 Å². The molecule has 0 bridgehead atoms. The highest BCUT2D eigenvalue weighted by Gasteiger charge is 2.44. The second-order valence-corrected chi connectivity index (χ2v) is 13.3. The topological polar surface area (TPSA) is 108 Å². The van der Waals surface area contributed by atoms with Gasteiger partial charge in [0.25, 0.3) is 0 Å². The molecule has 3 aliphatic rings. The third-order valence-electron chi connectivity index (χ3n) is 7.84. The Morgan fingerprint density at radius 2 is 1.61 bits per heavy atom. The number of benzene rings is 2. The number of anilines is 1. The standard InChI is InChI=1S/C30H34N4O3S/c1-20-7-9-21(10-8-20)27-24(19-31)29(32)34(25-17-30(2,3)18-26(35)28(25)27)22-11-13-23(14-12-22)38(36,37)33-15-5-4-6-16-33/h7-14,27H,4-6,15-18,32H2,1-3H3. The van der Waals surface area contributed by atoms with Crippen LogP contribution < -0.4 is 10.6 Å². The van der Waals surface area contributed by atoms with Crippen molar-refractivity contribution in [3.05, 3.63) is 82.3 Å². The molecular formula is C30H34N4O3S. The fraction of sp³-hybridized carbons (Fsp3) is 0.400. The van der Waals surface area contributed by atoms with E-state index in [1.54, 1.807) is 33.5 Å². The van der Waals surface area contributed by atoms with Crippen LogP contribution in [0.3, 0.4) is 0 Å². The molecule has 2 N–H and O–H groups in total. The van der Waals surface area contributed by atoms with Crippen LogP contribution in [0.5, 0.6) is 0 Å². The highest BCUT2D eigenvalue weighted by atomic mass is 32.2. The quantitative estimate of drug-likeness (QED) is 0.589. The van der Waals surface area contributed by atoms with Gasteiger partial charge in [-0.25, -0.2) is 8.42 Å². The number of Topliss-reactive ketones (excluding diaryl/α,β-unsaturated/α-hetero) is 1. The summed E-state index contributed by atoms with van der Waals surface area (Å²) in [6, 6.07) is 16.8. The zero-order valence-electron chi connectivity index (χ0n) is 22.2. The molecule has 2 aromatic rings. The van der Waals surface area contributed by atoms with Gasteiger partial charge in [0.1, 0.15) is 5.82 Å². The number of carbonyl (C=O) groups excluding carboxylic acids is 1. The molecule has 0 aromatic heterocycles. The lowest BCUT2D eigenvalue weighted by Crippen LogP contribution is -2.42. The molecular weight excluding hydrogens is 496 g/mol. The molecule has 0 amide bonds. The van der Waals surface area contributed by atoms with Crippen LogP contribution in [-0.2, 0) is 14.8 Å². The molecule has 1 fully saturated rings. The summed E-state index contributed by atoms with van der Waals surface area (Å²) in [5.41, 5.74) is 10.7. The molecule has 2 aromatic carbocycles. The first-order valence-corrected chi connectivity index (χ1v) is 14.6. The summed E-state index contributed by atoms with van der Waals surface area (Å²) in [4.78, 5) is 15.7. The van der Waals surface area contributed by atoms with E-state index in [-0.39, 0.29) is 21.9 Å². The smallest absolute Gasteiger partial charge is 0.243 e. The Bertz CT molecular complexity index is 1470. The van der Waals surface area contributed by atoms with Crippen LogP contribution in [0.4, 0.5) is 5.69 Å². The number of allylic oxidation sites excluding steroid dienone is 3. The molecule has 198 valence electrons. The van der Waals surface area contributed by atoms with Crippen LogP contribution >= 0.6 is 0 Å². The van der Waals surface area contributed by atoms with Gasteiger partial charge < -0.3 is 5.73 Å². The first kappa shape index (κ1) is 26.2. The van der Waals surface area contributed by atoms with E-state index in [4.69, 9.17) is 5.73 Å². The molecule has 38 heavy (non-hydrogen) atoms. The molecule has 1 atom stereocenters. The summed E-state index contributed by atoms with van der Waals surface area (Å²) in [5.74, 6) is -0.250. The Morgan fingerprint density at radius 3 is 2.21 bits per heavy atom. The Hall–Kier alpha value is -3.41. The van der Waals surface area contributed by atoms with Gasteiger partial charge >= 0.3 is 0 Å². The first-order chi connectivity index (χ1) is 18.0. The number of rotatable bonds is 4. The van der Waals surface area contributed by atoms with Gasteiger partial charge in [0, 0.05) is 36.5 Å². The highest BCUT2D eigenvalue weighted by Crippen LogP contribution is 2.50. The van der Waals surface area contributed by atoms with Crippen LogP contribution in [0.15, 0.2) is 76.1 Å². The lowest BCUT2D eigenvalue weighted by atomic mass is 9.68. The number of ketones is 1. The second-order valence-electron chi connectivity index (χ2n) is 11.3. The molecule has 0 spiro atoms. The molecule has 5 rings (SSSR count). The van der Waals surface area contributed by atoms with Crippen LogP contribution in [0.25, 0.3) is 0 Å². The zero-order valence-corrected chi connectivity index (χ0v) is 23.0. The molecule has 1 saturated heterocycles. The van der Waals surface area contributed by atoms with E-state index in [1.165, 1.54) is 0 Å². The third kappa shape index (κ3) is 4.55. The van der Waals surface area contributed by atoms with Gasteiger partial charge in [-0.1, -0.05) is 50.1 Å². The molecule has 1 aliphatic carbocycles. The van der Waals surface area contributed by atoms with Gasteiger partial charge in [0.05, 0.1) is 22.5 Å². The van der Waals surface area contributed by atoms with Crippen molar-refractivity contribution in [1.82, 2.24) is 4.31 Å². The summed E-state index contributed by atoms with van der Waals surface area (Å²) < 4.78 is 27.9. The number of aryl methyl sites for hydroxylation is 1. The van der Waals surface area contributed by atoms with Crippen molar-refractivity contribution < 1.29 is 13.2 Å². The van der Waals surface area contributed by atoms with Crippen molar-refractivity contribution in [1.29, 1.82) is 5.26 Å². The Labute approximate surface area is 225 Å². The van der Waals surface area contributed by atoms with Gasteiger partial charge in [-0.2, -0.15) is 9.57 Å². The van der Waals surface area contributed by atoms with Gasteiger partial charge in [0.15, 0.2) is 5.78 Å². The maximum Gasteiger partial charge on any atom is 0.243 e. The lowest BCUT2D eigenvalue weighted by molar-refractivity contribution is -0.118. The van der Waals surface area contributed by atoms with Gasteiger partial charge in [-0.05, 0) is 61.4 Å². The minimum absolute atomic E-state index is 0.0105. The number of hydrogen-bond acceptors (Lipinski definition) is 6. The van der Waals surface area contributed by atoms with E-state index in [2.05, 4.69) is 19.9 Å². The normalized spacial score (nSPS) is 22.3. The second kappa shape index (κ2) is 9.72. The predicted octanol–water partition coefficient (Wildman–Crippen LogP) is 5.11. The van der Waals surface area contributed by atoms with Crippen molar-refractivity contribution in [2.75, 3.05) is 18.0 Å². The third-order valence-corrected chi connectivity index (χ3v) is 9.75. The number of piperidine rings is 1. The lowest BCUT2D eigenvalue weighted by Gasteiger charge is -2.43. The molecule has 1 unspecified atom stereocenters. The highest BCUT2D eigenvalue weighted by molar-refractivity contribution is 7.89. The molecule has 2 aliphatic heterocycles. The zero-order chi connectivity index (χ0) is 27.2. The predicted molar refractivity (Wildman–Crippen MR) is 147 cm³/mol. The maximum atomic E-state index is 13.7. The van der Waals surface area contributed by atoms with E-state index < -0.39 is 15.9 Å². The van der Waals surface area contributed by atoms with E-state index in [1.807, 2.05) is 31.2 Å². The van der Waals surface area contributed by atoms with E-state index in [0.29, 0.717) is 42.8 Å². The van der Waals surface area contributed by atoms with Gasteiger partial charge in [0.2, 0.25) is 10.0 Å². The van der Waals surface area contributed by atoms with E-state index in [0.717, 1.165) is 36.1 Å². The van der Waals surface area contributed by atoms with Crippen molar-refractivity contribution in [3.63, 3.8) is 0 Å². The van der Waals surface area contributed by atoms with Gasteiger partial charge in [-0.15, -0.1) is 0 Å². The minimum Gasteiger partial charge on any atom is -0.384 e. The van der Waals surface area contributed by atoms with Crippen molar-refractivity contribution in [3.8, 4) is 6.07 Å². The number of nitriles is 1. The largest absolute Gasteiger partial charge is 0.384 e. The fourth-order valence-electron chi connectivity index (χ4n) is 5.92. The van der Waals surface area contributed by atoms with Crippen molar-refractivity contribution in [2.45, 2.75) is 63.7 Å². The van der Waals surface area contributed by atoms with E-state index >= 15 is 0 Å². The average molecular weight is 531 g/mol. The summed E-state index contributed by atoms with van der Waals surface area (Å²) >= 11 is 0. The monoisotopic (exact) mass is 530 g/mol. The average Bonchev–Trinajstić information content (AvgIpc) is 2.88. The van der Waals surface area contributed by atoms with Crippen LogP contribution in [0.2, 0.25) is 0 Å². The molecule has 2 heterocycles. The molecule has 7 nitrogen and oxygen atoms in total. The number of carbonyl (C=O) groups is 1. The summed E-state index contributed by atoms with van der Waals surface area (Å²) in [6.07, 6.45) is 3.76. The molecule has 8 heteroatoms. The van der Waals surface area contributed by atoms with E-state index in [9.17, 15) is 18.5 Å². The number of nitrogens with zero attached hydrogens (tertiary/aromatic N) is 3. The van der Waals surface area contributed by atoms with Crippen LogP contribution in [-0.4, -0.2) is 31.6 Å². The van der Waals surface area contributed by atoms with Gasteiger partial charge in [-0.3, -0.25) is 9.69 Å². The first-order valence-electron chi connectivity index (χ1n) is 13.2. The molecule has 0 saturated carbocycles. The Kier molecular flexibility index (Phi) is 6.70.